The molecule has 1 aliphatic heterocycles. The average molecular weight is 483 g/mol. The summed E-state index contributed by atoms with van der Waals surface area (Å²) in [5.74, 6) is -1.43. The van der Waals surface area contributed by atoms with Crippen LogP contribution in [0.5, 0.6) is 0 Å². The first-order valence-corrected chi connectivity index (χ1v) is 11.9. The van der Waals surface area contributed by atoms with E-state index in [1.54, 1.807) is 0 Å². The second-order valence-electron chi connectivity index (χ2n) is 8.04. The van der Waals surface area contributed by atoms with Crippen molar-refractivity contribution in [3.63, 3.8) is 0 Å². The van der Waals surface area contributed by atoms with Gasteiger partial charge in [0.15, 0.2) is 6.61 Å². The molecule has 10 heteroatoms. The third-order valence-corrected chi connectivity index (χ3v) is 7.26. The van der Waals surface area contributed by atoms with Crippen molar-refractivity contribution in [3.05, 3.63) is 58.9 Å². The number of halogens is 2. The van der Waals surface area contributed by atoms with Gasteiger partial charge in [-0.25, -0.2) is 17.6 Å². The molecule has 1 aliphatic rings. The number of rotatable bonds is 6. The minimum atomic E-state index is -3.66. The number of esters is 1. The summed E-state index contributed by atoms with van der Waals surface area (Å²) in [6.07, 6.45) is 0.984. The van der Waals surface area contributed by atoms with E-state index < -0.39 is 34.3 Å². The smallest absolute Gasteiger partial charge is 0.338 e. The number of ether oxygens (including phenoxy) is 1. The van der Waals surface area contributed by atoms with Gasteiger partial charge in [-0.3, -0.25) is 4.79 Å². The Morgan fingerprint density at radius 1 is 1.12 bits per heavy atom. The van der Waals surface area contributed by atoms with E-state index in [0.29, 0.717) is 13.1 Å². The van der Waals surface area contributed by atoms with E-state index in [-0.39, 0.29) is 33.0 Å². The van der Waals surface area contributed by atoms with Crippen LogP contribution >= 0.6 is 11.6 Å². The van der Waals surface area contributed by atoms with Gasteiger partial charge in [0.1, 0.15) is 5.82 Å². The molecule has 3 rings (SSSR count). The standard InChI is InChI=1S/C22H24ClFN2O5S/c1-14-9-15(2)12-26(11-14)32(29,30)18-6-3-16(4-7-18)22(28)31-13-21(27)25-20-8-5-17(24)10-19(20)23/h3-8,10,14-15H,9,11-13H2,1-2H3,(H,25,27)/t14-,15-/m0/s1. The van der Waals surface area contributed by atoms with Crippen LogP contribution in [-0.4, -0.2) is 44.3 Å². The molecule has 1 saturated heterocycles. The number of amides is 1. The molecule has 1 fully saturated rings. The van der Waals surface area contributed by atoms with Crippen LogP contribution in [0.25, 0.3) is 0 Å². The summed E-state index contributed by atoms with van der Waals surface area (Å²) in [4.78, 5) is 24.3. The fourth-order valence-electron chi connectivity index (χ4n) is 3.71. The van der Waals surface area contributed by atoms with E-state index in [2.05, 4.69) is 5.32 Å². The molecular formula is C22H24ClFN2O5S. The Morgan fingerprint density at radius 2 is 1.75 bits per heavy atom. The van der Waals surface area contributed by atoms with E-state index in [4.69, 9.17) is 16.3 Å². The Kier molecular flexibility index (Phi) is 7.53. The van der Waals surface area contributed by atoms with Gasteiger partial charge in [0, 0.05) is 13.1 Å². The molecule has 1 N–H and O–H groups in total. The number of nitrogens with zero attached hydrogens (tertiary/aromatic N) is 1. The van der Waals surface area contributed by atoms with Crippen molar-refractivity contribution in [2.24, 2.45) is 11.8 Å². The van der Waals surface area contributed by atoms with Gasteiger partial charge in [0.2, 0.25) is 10.0 Å². The van der Waals surface area contributed by atoms with Crippen molar-refractivity contribution >= 4 is 39.2 Å². The molecule has 0 aliphatic carbocycles. The molecule has 1 amide bonds. The number of benzene rings is 2. The lowest BCUT2D eigenvalue weighted by Crippen LogP contribution is -2.42. The molecule has 2 atom stereocenters. The fraction of sp³-hybridized carbons (Fsp3) is 0.364. The van der Waals surface area contributed by atoms with Crippen LogP contribution in [0.4, 0.5) is 10.1 Å². The van der Waals surface area contributed by atoms with Crippen LogP contribution in [0.1, 0.15) is 30.6 Å². The first-order chi connectivity index (χ1) is 15.1. The van der Waals surface area contributed by atoms with Gasteiger partial charge in [-0.15, -0.1) is 0 Å². The van der Waals surface area contributed by atoms with Crippen LogP contribution in [0.2, 0.25) is 5.02 Å². The second-order valence-corrected chi connectivity index (χ2v) is 10.4. The number of carbonyl (C=O) groups excluding carboxylic acids is 2. The van der Waals surface area contributed by atoms with Crippen molar-refractivity contribution < 1.29 is 27.1 Å². The molecule has 0 saturated carbocycles. The van der Waals surface area contributed by atoms with Gasteiger partial charge < -0.3 is 10.1 Å². The van der Waals surface area contributed by atoms with E-state index in [0.717, 1.165) is 18.6 Å². The maximum absolute atomic E-state index is 13.1. The van der Waals surface area contributed by atoms with E-state index in [1.165, 1.54) is 34.6 Å². The van der Waals surface area contributed by atoms with Crippen LogP contribution in [0.3, 0.4) is 0 Å². The maximum Gasteiger partial charge on any atom is 0.338 e. The predicted octanol–water partition coefficient (Wildman–Crippen LogP) is 3.94. The summed E-state index contributed by atoms with van der Waals surface area (Å²) < 4.78 is 45.3. The Morgan fingerprint density at radius 3 is 2.34 bits per heavy atom. The zero-order valence-corrected chi connectivity index (χ0v) is 19.2. The summed E-state index contributed by atoms with van der Waals surface area (Å²) in [7, 11) is -3.66. The largest absolute Gasteiger partial charge is 0.452 e. The number of carbonyl (C=O) groups is 2. The second kappa shape index (κ2) is 9.97. The van der Waals surface area contributed by atoms with Crippen LogP contribution in [-0.2, 0) is 19.6 Å². The van der Waals surface area contributed by atoms with E-state index in [1.807, 2.05) is 13.8 Å². The molecule has 172 valence electrons. The Labute approximate surface area is 191 Å². The lowest BCUT2D eigenvalue weighted by Gasteiger charge is -2.34. The normalized spacial score (nSPS) is 19.4. The molecule has 2 aromatic carbocycles. The lowest BCUT2D eigenvalue weighted by molar-refractivity contribution is -0.119. The quantitative estimate of drug-likeness (QED) is 0.629. The highest BCUT2D eigenvalue weighted by molar-refractivity contribution is 7.89. The van der Waals surface area contributed by atoms with Crippen molar-refractivity contribution in [3.8, 4) is 0 Å². The third kappa shape index (κ3) is 5.85. The van der Waals surface area contributed by atoms with Gasteiger partial charge in [0.05, 0.1) is 21.2 Å². The number of hydrogen-bond acceptors (Lipinski definition) is 5. The Bertz CT molecular complexity index is 1100. The van der Waals surface area contributed by atoms with Crippen LogP contribution in [0, 0.1) is 17.7 Å². The summed E-state index contributed by atoms with van der Waals surface area (Å²) in [5.41, 5.74) is 0.293. The summed E-state index contributed by atoms with van der Waals surface area (Å²) in [5, 5.41) is 2.43. The third-order valence-electron chi connectivity index (χ3n) is 5.10. The highest BCUT2D eigenvalue weighted by atomic mass is 35.5. The highest BCUT2D eigenvalue weighted by Gasteiger charge is 2.31. The molecule has 0 radical (unpaired) electrons. The Hall–Kier alpha value is -2.49. The van der Waals surface area contributed by atoms with Crippen molar-refractivity contribution in [2.75, 3.05) is 25.0 Å². The number of anilines is 1. The Balaban J connectivity index is 1.59. The predicted molar refractivity (Wildman–Crippen MR) is 118 cm³/mol. The molecular weight excluding hydrogens is 459 g/mol. The van der Waals surface area contributed by atoms with Gasteiger partial charge >= 0.3 is 5.97 Å². The summed E-state index contributed by atoms with van der Waals surface area (Å²) in [6, 6.07) is 8.88. The number of sulfonamides is 1. The zero-order valence-electron chi connectivity index (χ0n) is 17.7. The van der Waals surface area contributed by atoms with E-state index in [9.17, 15) is 22.4 Å². The molecule has 32 heavy (non-hydrogen) atoms. The molecule has 0 unspecified atom stereocenters. The van der Waals surface area contributed by atoms with Gasteiger partial charge in [0.25, 0.3) is 5.91 Å². The minimum Gasteiger partial charge on any atom is -0.452 e. The first-order valence-electron chi connectivity index (χ1n) is 10.1. The molecule has 2 aromatic rings. The van der Waals surface area contributed by atoms with Crippen molar-refractivity contribution in [1.82, 2.24) is 4.31 Å². The van der Waals surface area contributed by atoms with E-state index >= 15 is 0 Å². The highest BCUT2D eigenvalue weighted by Crippen LogP contribution is 2.27. The van der Waals surface area contributed by atoms with Crippen molar-refractivity contribution in [1.29, 1.82) is 0 Å². The number of piperidine rings is 1. The average Bonchev–Trinajstić information content (AvgIpc) is 2.73. The fourth-order valence-corrected chi connectivity index (χ4v) is 5.60. The molecule has 0 aromatic heterocycles. The molecule has 7 nitrogen and oxygen atoms in total. The van der Waals surface area contributed by atoms with Gasteiger partial charge in [-0.2, -0.15) is 4.31 Å². The topological polar surface area (TPSA) is 92.8 Å². The first kappa shape index (κ1) is 24.2. The van der Waals surface area contributed by atoms with Crippen molar-refractivity contribution in [2.45, 2.75) is 25.2 Å². The number of hydrogen-bond donors (Lipinski definition) is 1. The molecule has 1 heterocycles. The van der Waals surface area contributed by atoms with Gasteiger partial charge in [-0.05, 0) is 60.7 Å². The SMILES string of the molecule is C[C@H]1C[C@H](C)CN(S(=O)(=O)c2ccc(C(=O)OCC(=O)Nc3ccc(F)cc3Cl)cc2)C1. The zero-order chi connectivity index (χ0) is 23.5. The minimum absolute atomic E-state index is 0.0129. The summed E-state index contributed by atoms with van der Waals surface area (Å²) in [6.45, 7) is 4.39. The number of nitrogens with one attached hydrogen (secondary N) is 1. The van der Waals surface area contributed by atoms with Crippen LogP contribution in [0.15, 0.2) is 47.4 Å². The maximum atomic E-state index is 13.1. The lowest BCUT2D eigenvalue weighted by atomic mass is 9.94. The molecule has 0 bridgehead atoms. The monoisotopic (exact) mass is 482 g/mol. The van der Waals surface area contributed by atoms with Gasteiger partial charge in [-0.1, -0.05) is 25.4 Å². The van der Waals surface area contributed by atoms with Crippen LogP contribution < -0.4 is 5.32 Å². The summed E-state index contributed by atoms with van der Waals surface area (Å²) >= 11 is 5.84. The molecule has 0 spiro atoms.